The van der Waals surface area contributed by atoms with E-state index in [0.29, 0.717) is 0 Å². The lowest BCUT2D eigenvalue weighted by molar-refractivity contribution is 0.147. The van der Waals surface area contributed by atoms with Gasteiger partial charge < -0.3 is 4.74 Å². The van der Waals surface area contributed by atoms with Gasteiger partial charge in [0.15, 0.2) is 0 Å². The van der Waals surface area contributed by atoms with Gasteiger partial charge in [0.05, 0.1) is 12.7 Å². The quantitative estimate of drug-likeness (QED) is 0.505. The van der Waals surface area contributed by atoms with Crippen molar-refractivity contribution in [1.82, 2.24) is 0 Å². The van der Waals surface area contributed by atoms with Crippen molar-refractivity contribution in [3.8, 4) is 0 Å². The van der Waals surface area contributed by atoms with Crippen LogP contribution >= 0.6 is 0 Å². The van der Waals surface area contributed by atoms with Crippen LogP contribution in [0, 0.1) is 0 Å². The van der Waals surface area contributed by atoms with Crippen LogP contribution in [0.3, 0.4) is 0 Å². The minimum absolute atomic E-state index is 0.269. The van der Waals surface area contributed by atoms with Crippen molar-refractivity contribution in [1.29, 1.82) is 0 Å². The summed E-state index contributed by atoms with van der Waals surface area (Å²) < 4.78 is 5.46. The molecule has 0 aromatic rings. The molecule has 0 aromatic heterocycles. The maximum absolute atomic E-state index is 5.46. The van der Waals surface area contributed by atoms with Crippen molar-refractivity contribution < 1.29 is 4.74 Å². The van der Waals surface area contributed by atoms with Crippen LogP contribution in [0.25, 0.3) is 0 Å². The maximum atomic E-state index is 5.46. The van der Waals surface area contributed by atoms with E-state index in [0.717, 1.165) is 6.61 Å². The predicted molar refractivity (Wildman–Crippen MR) is 42.9 cm³/mol. The molecule has 1 rings (SSSR count). The molecule has 0 N–H and O–H groups in total. The second kappa shape index (κ2) is 3.02. The highest BCUT2D eigenvalue weighted by molar-refractivity contribution is 5.23. The van der Waals surface area contributed by atoms with Crippen molar-refractivity contribution >= 4 is 0 Å². The molecule has 0 spiro atoms. The molecule has 0 amide bonds. The second-order valence-electron chi connectivity index (χ2n) is 2.69. The summed E-state index contributed by atoms with van der Waals surface area (Å²) in [7, 11) is 0. The first-order valence-corrected chi connectivity index (χ1v) is 3.66. The molecule has 0 aromatic carbocycles. The van der Waals surface area contributed by atoms with Gasteiger partial charge in [0.2, 0.25) is 0 Å². The van der Waals surface area contributed by atoms with Gasteiger partial charge in [-0.05, 0) is 31.9 Å². The van der Waals surface area contributed by atoms with Crippen molar-refractivity contribution in [2.24, 2.45) is 0 Å². The van der Waals surface area contributed by atoms with E-state index in [1.165, 1.54) is 11.1 Å². The van der Waals surface area contributed by atoms with Gasteiger partial charge in [-0.1, -0.05) is 12.2 Å². The van der Waals surface area contributed by atoms with Crippen LogP contribution in [0.2, 0.25) is 0 Å². The van der Waals surface area contributed by atoms with Gasteiger partial charge >= 0.3 is 0 Å². The van der Waals surface area contributed by atoms with E-state index in [1.54, 1.807) is 0 Å². The standard InChI is InChI=1S/C9H14O/c1-4-7(2)9-8(3)5-6-10-9/h4-5,9H,6H2,1-3H3/b7-4+/t9-/m0/s1. The summed E-state index contributed by atoms with van der Waals surface area (Å²) in [5.74, 6) is 0. The molecule has 1 atom stereocenters. The van der Waals surface area contributed by atoms with E-state index < -0.39 is 0 Å². The zero-order valence-electron chi connectivity index (χ0n) is 6.85. The van der Waals surface area contributed by atoms with Gasteiger partial charge in [0.1, 0.15) is 0 Å². The molecule has 10 heavy (non-hydrogen) atoms. The summed E-state index contributed by atoms with van der Waals surface area (Å²) in [6.07, 6.45) is 4.51. The highest BCUT2D eigenvalue weighted by atomic mass is 16.5. The summed E-state index contributed by atoms with van der Waals surface area (Å²) in [6, 6.07) is 0. The zero-order chi connectivity index (χ0) is 7.56. The molecule has 0 aliphatic carbocycles. The van der Waals surface area contributed by atoms with E-state index in [1.807, 2.05) is 6.92 Å². The van der Waals surface area contributed by atoms with Crippen LogP contribution in [0.1, 0.15) is 20.8 Å². The molecule has 1 heterocycles. The molecule has 0 bridgehead atoms. The highest BCUT2D eigenvalue weighted by Crippen LogP contribution is 2.20. The fourth-order valence-electron chi connectivity index (χ4n) is 1.16. The lowest BCUT2D eigenvalue weighted by Crippen LogP contribution is -2.09. The first kappa shape index (κ1) is 7.55. The second-order valence-corrected chi connectivity index (χ2v) is 2.69. The average molecular weight is 138 g/mol. The summed E-state index contributed by atoms with van der Waals surface area (Å²) in [4.78, 5) is 0. The smallest absolute Gasteiger partial charge is 0.0995 e. The third-order valence-corrected chi connectivity index (χ3v) is 1.95. The Bertz CT molecular complexity index is 177. The average Bonchev–Trinajstić information content (AvgIpc) is 2.34. The van der Waals surface area contributed by atoms with Crippen molar-refractivity contribution in [3.63, 3.8) is 0 Å². The zero-order valence-corrected chi connectivity index (χ0v) is 6.85. The summed E-state index contributed by atoms with van der Waals surface area (Å²) >= 11 is 0. The monoisotopic (exact) mass is 138 g/mol. The molecular formula is C9H14O. The Morgan fingerprint density at radius 3 is 2.90 bits per heavy atom. The van der Waals surface area contributed by atoms with Crippen LogP contribution < -0.4 is 0 Å². The predicted octanol–water partition coefficient (Wildman–Crippen LogP) is 2.30. The third-order valence-electron chi connectivity index (χ3n) is 1.95. The van der Waals surface area contributed by atoms with E-state index in [9.17, 15) is 0 Å². The summed E-state index contributed by atoms with van der Waals surface area (Å²) in [5.41, 5.74) is 2.65. The van der Waals surface area contributed by atoms with E-state index >= 15 is 0 Å². The van der Waals surface area contributed by atoms with Gasteiger partial charge in [0.25, 0.3) is 0 Å². The van der Waals surface area contributed by atoms with E-state index in [4.69, 9.17) is 4.74 Å². The minimum Gasteiger partial charge on any atom is -0.365 e. The molecule has 0 saturated heterocycles. The van der Waals surface area contributed by atoms with E-state index in [2.05, 4.69) is 26.0 Å². The van der Waals surface area contributed by atoms with Crippen LogP contribution in [-0.4, -0.2) is 12.7 Å². The maximum Gasteiger partial charge on any atom is 0.0995 e. The first-order chi connectivity index (χ1) is 4.75. The Labute approximate surface area is 62.4 Å². The Morgan fingerprint density at radius 1 is 1.80 bits per heavy atom. The molecule has 1 aliphatic heterocycles. The molecule has 0 fully saturated rings. The highest BCUT2D eigenvalue weighted by Gasteiger charge is 2.16. The van der Waals surface area contributed by atoms with Gasteiger partial charge in [-0.2, -0.15) is 0 Å². The number of hydrogen-bond donors (Lipinski definition) is 0. The number of hydrogen-bond acceptors (Lipinski definition) is 1. The molecular weight excluding hydrogens is 124 g/mol. The topological polar surface area (TPSA) is 9.23 Å². The van der Waals surface area contributed by atoms with Crippen molar-refractivity contribution in [3.05, 3.63) is 23.3 Å². The molecule has 56 valence electrons. The van der Waals surface area contributed by atoms with Crippen LogP contribution in [0.5, 0.6) is 0 Å². The molecule has 1 heteroatoms. The number of allylic oxidation sites excluding steroid dienone is 1. The van der Waals surface area contributed by atoms with Crippen LogP contribution in [-0.2, 0) is 4.74 Å². The van der Waals surface area contributed by atoms with Crippen molar-refractivity contribution in [2.75, 3.05) is 6.61 Å². The van der Waals surface area contributed by atoms with Gasteiger partial charge in [0, 0.05) is 0 Å². The van der Waals surface area contributed by atoms with Crippen LogP contribution in [0.15, 0.2) is 23.3 Å². The largest absolute Gasteiger partial charge is 0.365 e. The van der Waals surface area contributed by atoms with E-state index in [-0.39, 0.29) is 6.10 Å². The Balaban J connectivity index is 2.67. The fourth-order valence-corrected chi connectivity index (χ4v) is 1.16. The molecule has 1 aliphatic rings. The molecule has 0 unspecified atom stereocenters. The lowest BCUT2D eigenvalue weighted by Gasteiger charge is -2.11. The van der Waals surface area contributed by atoms with Gasteiger partial charge in [-0.15, -0.1) is 0 Å². The summed E-state index contributed by atoms with van der Waals surface area (Å²) in [5, 5.41) is 0. The van der Waals surface area contributed by atoms with Crippen molar-refractivity contribution in [2.45, 2.75) is 26.9 Å². The normalized spacial score (nSPS) is 26.9. The Hall–Kier alpha value is -0.560. The molecule has 0 saturated carbocycles. The number of rotatable bonds is 1. The minimum atomic E-state index is 0.269. The molecule has 0 radical (unpaired) electrons. The van der Waals surface area contributed by atoms with Gasteiger partial charge in [-0.25, -0.2) is 0 Å². The molecule has 1 nitrogen and oxygen atoms in total. The first-order valence-electron chi connectivity index (χ1n) is 3.66. The lowest BCUT2D eigenvalue weighted by atomic mass is 10.1. The Morgan fingerprint density at radius 2 is 2.50 bits per heavy atom. The Kier molecular flexibility index (Phi) is 2.28. The SMILES string of the molecule is C/C=C(\C)[C@@H]1OCC=C1C. The third kappa shape index (κ3) is 1.29. The number of ether oxygens (including phenoxy) is 1. The van der Waals surface area contributed by atoms with Crippen LogP contribution in [0.4, 0.5) is 0 Å². The summed E-state index contributed by atoms with van der Waals surface area (Å²) in [6.45, 7) is 7.05. The fraction of sp³-hybridized carbons (Fsp3) is 0.556. The van der Waals surface area contributed by atoms with Gasteiger partial charge in [-0.3, -0.25) is 0 Å².